The highest BCUT2D eigenvalue weighted by Crippen LogP contribution is 2.24. The lowest BCUT2D eigenvalue weighted by atomic mass is 10.4. The number of methoxy groups -OCH3 is 1. The lowest BCUT2D eigenvalue weighted by Crippen LogP contribution is -2.13. The van der Waals surface area contributed by atoms with Crippen molar-refractivity contribution in [3.8, 4) is 0 Å². The Morgan fingerprint density at radius 1 is 1.50 bits per heavy atom. The largest absolute Gasteiger partial charge is 0.382 e. The fourth-order valence-electron chi connectivity index (χ4n) is 1.19. The van der Waals surface area contributed by atoms with E-state index < -0.39 is 4.92 Å². The van der Waals surface area contributed by atoms with E-state index in [1.54, 1.807) is 7.11 Å². The number of nitrogens with one attached hydrogen (secondary N) is 1. The van der Waals surface area contributed by atoms with E-state index in [0.717, 1.165) is 0 Å². The summed E-state index contributed by atoms with van der Waals surface area (Å²) < 4.78 is 10.6. The fraction of sp³-hybridized carbons (Fsp3) is 0.500. The van der Waals surface area contributed by atoms with Crippen molar-refractivity contribution in [2.24, 2.45) is 0 Å². The summed E-state index contributed by atoms with van der Waals surface area (Å²) in [5.74, 6) is 0.235. The first-order valence-electron chi connectivity index (χ1n) is 5.25. The Morgan fingerprint density at radius 3 is 2.94 bits per heavy atom. The van der Waals surface area contributed by atoms with Crippen molar-refractivity contribution in [3.05, 3.63) is 26.9 Å². The lowest BCUT2D eigenvalue weighted by molar-refractivity contribution is -0.384. The van der Waals surface area contributed by atoms with Gasteiger partial charge in [0, 0.05) is 30.4 Å². The molecular weight excluding hydrogens is 306 g/mol. The molecule has 1 aromatic heterocycles. The highest BCUT2D eigenvalue weighted by Gasteiger charge is 2.15. The van der Waals surface area contributed by atoms with E-state index in [1.807, 2.05) is 0 Å². The summed E-state index contributed by atoms with van der Waals surface area (Å²) in [6.07, 6.45) is 1.50. The molecule has 1 aromatic rings. The van der Waals surface area contributed by atoms with Gasteiger partial charge in [0.05, 0.1) is 24.7 Å². The maximum atomic E-state index is 10.8. The van der Waals surface area contributed by atoms with E-state index in [-0.39, 0.29) is 11.5 Å². The van der Waals surface area contributed by atoms with Gasteiger partial charge in [-0.3, -0.25) is 10.1 Å². The third-order valence-electron chi connectivity index (χ3n) is 2.00. The Morgan fingerprint density at radius 2 is 2.28 bits per heavy atom. The van der Waals surface area contributed by atoms with Crippen molar-refractivity contribution >= 4 is 27.4 Å². The lowest BCUT2D eigenvalue weighted by Gasteiger charge is -2.07. The number of pyridine rings is 1. The van der Waals surface area contributed by atoms with Crippen LogP contribution in [0.4, 0.5) is 11.5 Å². The van der Waals surface area contributed by atoms with Crippen LogP contribution in [-0.4, -0.2) is 43.4 Å². The van der Waals surface area contributed by atoms with Crippen molar-refractivity contribution in [3.63, 3.8) is 0 Å². The maximum absolute atomic E-state index is 10.8. The van der Waals surface area contributed by atoms with Crippen molar-refractivity contribution < 1.29 is 14.4 Å². The summed E-state index contributed by atoms with van der Waals surface area (Å²) >= 11 is 3.14. The van der Waals surface area contributed by atoms with Gasteiger partial charge in [-0.25, -0.2) is 4.98 Å². The minimum absolute atomic E-state index is 0.0683. The summed E-state index contributed by atoms with van der Waals surface area (Å²) in [5.41, 5.74) is -0.0683. The number of ether oxygens (including phenoxy) is 2. The van der Waals surface area contributed by atoms with Crippen molar-refractivity contribution in [2.45, 2.75) is 0 Å². The molecular formula is C10H14BrN3O4. The van der Waals surface area contributed by atoms with E-state index >= 15 is 0 Å². The first kappa shape index (κ1) is 14.8. The average Bonchev–Trinajstić information content (AvgIpc) is 2.35. The highest BCUT2D eigenvalue weighted by molar-refractivity contribution is 9.10. The summed E-state index contributed by atoms with van der Waals surface area (Å²) in [6.45, 7) is 1.89. The van der Waals surface area contributed by atoms with Crippen LogP contribution in [0.15, 0.2) is 16.7 Å². The van der Waals surface area contributed by atoms with Gasteiger partial charge < -0.3 is 14.8 Å². The second kappa shape index (κ2) is 7.96. The average molecular weight is 320 g/mol. The van der Waals surface area contributed by atoms with Crippen LogP contribution >= 0.6 is 15.9 Å². The van der Waals surface area contributed by atoms with Crippen LogP contribution in [-0.2, 0) is 9.47 Å². The van der Waals surface area contributed by atoms with E-state index in [1.165, 1.54) is 12.3 Å². The Labute approximate surface area is 113 Å². The first-order valence-corrected chi connectivity index (χ1v) is 6.05. The summed E-state index contributed by atoms with van der Waals surface area (Å²) in [5, 5.41) is 13.7. The number of hydrogen-bond acceptors (Lipinski definition) is 6. The normalized spacial score (nSPS) is 10.3. The predicted octanol–water partition coefficient (Wildman–Crippen LogP) is 1.83. The number of nitrogens with zero attached hydrogens (tertiary/aromatic N) is 2. The standard InChI is InChI=1S/C10H14BrN3O4/c1-17-4-5-18-3-2-12-10-9(14(15)16)6-8(11)7-13-10/h6-7H,2-5H2,1H3,(H,12,13). The molecule has 0 unspecified atom stereocenters. The molecule has 0 atom stereocenters. The molecule has 7 nitrogen and oxygen atoms in total. The molecule has 8 heteroatoms. The molecule has 0 bridgehead atoms. The molecule has 1 N–H and O–H groups in total. The number of halogens is 1. The van der Waals surface area contributed by atoms with Crippen LogP contribution in [0, 0.1) is 10.1 Å². The predicted molar refractivity (Wildman–Crippen MR) is 69.8 cm³/mol. The number of nitro groups is 1. The highest BCUT2D eigenvalue weighted by atomic mass is 79.9. The topological polar surface area (TPSA) is 86.5 Å². The van der Waals surface area contributed by atoms with Gasteiger partial charge in [-0.1, -0.05) is 0 Å². The number of aromatic nitrogens is 1. The monoisotopic (exact) mass is 319 g/mol. The second-order valence-corrected chi connectivity index (χ2v) is 4.23. The van der Waals surface area contributed by atoms with Crippen LogP contribution in [0.1, 0.15) is 0 Å². The molecule has 100 valence electrons. The molecule has 0 aliphatic heterocycles. The minimum Gasteiger partial charge on any atom is -0.382 e. The zero-order valence-electron chi connectivity index (χ0n) is 9.89. The van der Waals surface area contributed by atoms with E-state index in [2.05, 4.69) is 26.2 Å². The van der Waals surface area contributed by atoms with Crippen molar-refractivity contribution in [1.82, 2.24) is 4.98 Å². The number of rotatable bonds is 8. The SMILES string of the molecule is COCCOCCNc1ncc(Br)cc1[N+](=O)[O-]. The van der Waals surface area contributed by atoms with Gasteiger partial charge in [0.2, 0.25) is 5.82 Å². The van der Waals surface area contributed by atoms with Crippen molar-refractivity contribution in [1.29, 1.82) is 0 Å². The van der Waals surface area contributed by atoms with Gasteiger partial charge in [-0.15, -0.1) is 0 Å². The first-order chi connectivity index (χ1) is 8.65. The van der Waals surface area contributed by atoms with E-state index in [0.29, 0.717) is 30.8 Å². The molecule has 18 heavy (non-hydrogen) atoms. The molecule has 0 amide bonds. The molecule has 0 spiro atoms. The molecule has 0 saturated heterocycles. The van der Waals surface area contributed by atoms with Crippen molar-refractivity contribution in [2.75, 3.05) is 38.8 Å². The molecule has 0 saturated carbocycles. The third kappa shape index (κ3) is 4.94. The van der Waals surface area contributed by atoms with E-state index in [4.69, 9.17) is 9.47 Å². The molecule has 0 fully saturated rings. The summed E-state index contributed by atoms with van der Waals surface area (Å²) in [4.78, 5) is 14.3. The smallest absolute Gasteiger partial charge is 0.312 e. The van der Waals surface area contributed by atoms with Gasteiger partial charge in [0.25, 0.3) is 0 Å². The zero-order chi connectivity index (χ0) is 13.4. The Bertz CT molecular complexity index is 403. The van der Waals surface area contributed by atoms with Gasteiger partial charge in [-0.05, 0) is 15.9 Å². The molecule has 0 aliphatic rings. The molecule has 0 aliphatic carbocycles. The summed E-state index contributed by atoms with van der Waals surface area (Å²) in [7, 11) is 1.59. The molecule has 0 radical (unpaired) electrons. The number of hydrogen-bond donors (Lipinski definition) is 1. The van der Waals surface area contributed by atoms with Crippen LogP contribution in [0.3, 0.4) is 0 Å². The zero-order valence-corrected chi connectivity index (χ0v) is 11.5. The van der Waals surface area contributed by atoms with E-state index in [9.17, 15) is 10.1 Å². The van der Waals surface area contributed by atoms with Crippen LogP contribution < -0.4 is 5.32 Å². The maximum Gasteiger partial charge on any atom is 0.312 e. The molecule has 1 heterocycles. The Balaban J connectivity index is 2.44. The third-order valence-corrected chi connectivity index (χ3v) is 2.44. The quantitative estimate of drug-likeness (QED) is 0.447. The van der Waals surface area contributed by atoms with Crippen LogP contribution in [0.5, 0.6) is 0 Å². The molecule has 0 aromatic carbocycles. The second-order valence-electron chi connectivity index (χ2n) is 3.31. The Hall–Kier alpha value is -1.25. The van der Waals surface area contributed by atoms with Crippen LogP contribution in [0.2, 0.25) is 0 Å². The van der Waals surface area contributed by atoms with Gasteiger partial charge >= 0.3 is 5.69 Å². The minimum atomic E-state index is -0.480. The Kier molecular flexibility index (Phi) is 6.55. The number of anilines is 1. The summed E-state index contributed by atoms with van der Waals surface area (Å²) in [6, 6.07) is 1.40. The fourth-order valence-corrected chi connectivity index (χ4v) is 1.51. The van der Waals surface area contributed by atoms with Crippen LogP contribution in [0.25, 0.3) is 0 Å². The van der Waals surface area contributed by atoms with Gasteiger partial charge in [0.1, 0.15) is 0 Å². The van der Waals surface area contributed by atoms with Gasteiger partial charge in [0.15, 0.2) is 0 Å². The molecule has 1 rings (SSSR count). The van der Waals surface area contributed by atoms with Gasteiger partial charge in [-0.2, -0.15) is 0 Å².